The zero-order valence-corrected chi connectivity index (χ0v) is 17.4. The van der Waals surface area contributed by atoms with Crippen LogP contribution >= 0.6 is 0 Å². The topological polar surface area (TPSA) is 66.2 Å². The molecule has 0 radical (unpaired) electrons. The Morgan fingerprint density at radius 3 is 2.52 bits per heavy atom. The van der Waals surface area contributed by atoms with E-state index in [-0.39, 0.29) is 5.78 Å². The van der Waals surface area contributed by atoms with Crippen molar-refractivity contribution in [2.24, 2.45) is 0 Å². The highest BCUT2D eigenvalue weighted by molar-refractivity contribution is 5.98. The molecule has 0 bridgehead atoms. The van der Waals surface area contributed by atoms with Gasteiger partial charge in [-0.15, -0.1) is 0 Å². The highest BCUT2D eigenvalue weighted by atomic mass is 16.5. The van der Waals surface area contributed by atoms with E-state index in [0.29, 0.717) is 23.6 Å². The number of Topliss-reactive ketones (excluding diaryl/α,β-unsaturated/α-hetero) is 1. The molecule has 0 saturated carbocycles. The lowest BCUT2D eigenvalue weighted by Crippen LogP contribution is -2.12. The van der Waals surface area contributed by atoms with E-state index in [1.165, 1.54) is 6.92 Å². The Morgan fingerprint density at radius 1 is 1.03 bits per heavy atom. The molecule has 0 N–H and O–H groups in total. The highest BCUT2D eigenvalue weighted by Crippen LogP contribution is 2.34. The maximum absolute atomic E-state index is 12.1. The minimum atomic E-state index is -0.0570. The zero-order chi connectivity index (χ0) is 21.8. The molecule has 0 amide bonds. The van der Waals surface area contributed by atoms with E-state index >= 15 is 0 Å². The van der Waals surface area contributed by atoms with Crippen molar-refractivity contribution in [3.05, 3.63) is 95.7 Å². The molecule has 1 heterocycles. The molecule has 4 aromatic rings. The summed E-state index contributed by atoms with van der Waals surface area (Å²) in [5.41, 5.74) is 4.35. The third kappa shape index (κ3) is 4.24. The van der Waals surface area contributed by atoms with Gasteiger partial charge in [0.2, 0.25) is 0 Å². The number of carbonyl (C=O) groups is 1. The highest BCUT2D eigenvalue weighted by Gasteiger charge is 2.15. The molecule has 0 spiro atoms. The van der Waals surface area contributed by atoms with Gasteiger partial charge in [0.1, 0.15) is 24.1 Å². The van der Waals surface area contributed by atoms with Crippen molar-refractivity contribution in [2.45, 2.75) is 13.5 Å². The van der Waals surface area contributed by atoms with Crippen molar-refractivity contribution in [2.75, 3.05) is 11.9 Å². The van der Waals surface area contributed by atoms with Gasteiger partial charge in [-0.05, 0) is 36.8 Å². The summed E-state index contributed by atoms with van der Waals surface area (Å²) in [6.07, 6.45) is 0. The number of rotatable bonds is 6. The first kappa shape index (κ1) is 20.1. The van der Waals surface area contributed by atoms with Crippen molar-refractivity contribution in [3.8, 4) is 11.8 Å². The molecular weight excluding hydrogens is 386 g/mol. The quantitative estimate of drug-likeness (QED) is 0.386. The summed E-state index contributed by atoms with van der Waals surface area (Å²) in [5, 5.41) is 10.3. The van der Waals surface area contributed by atoms with Gasteiger partial charge in [0.25, 0.3) is 0 Å². The summed E-state index contributed by atoms with van der Waals surface area (Å²) in [5.74, 6) is 0.470. The van der Waals surface area contributed by atoms with Crippen LogP contribution in [0.15, 0.2) is 78.9 Å². The van der Waals surface area contributed by atoms with Gasteiger partial charge >= 0.3 is 0 Å². The van der Waals surface area contributed by atoms with Gasteiger partial charge in [-0.2, -0.15) is 5.26 Å². The lowest BCUT2D eigenvalue weighted by Gasteiger charge is -2.23. The number of anilines is 2. The Bertz CT molecular complexity index is 1290. The van der Waals surface area contributed by atoms with Gasteiger partial charge in [-0.3, -0.25) is 4.79 Å². The number of nitrogens with zero attached hydrogens (tertiary/aromatic N) is 3. The summed E-state index contributed by atoms with van der Waals surface area (Å²) < 4.78 is 6.03. The van der Waals surface area contributed by atoms with Crippen LogP contribution in [-0.2, 0) is 6.61 Å². The fourth-order valence-corrected chi connectivity index (χ4v) is 3.50. The first-order chi connectivity index (χ1) is 15.1. The van der Waals surface area contributed by atoms with Crippen LogP contribution in [0.1, 0.15) is 28.5 Å². The van der Waals surface area contributed by atoms with Crippen molar-refractivity contribution in [1.82, 2.24) is 4.98 Å². The Kier molecular flexibility index (Phi) is 5.63. The molecule has 3 aromatic carbocycles. The number of nitriles is 1. The average molecular weight is 407 g/mol. The van der Waals surface area contributed by atoms with E-state index in [2.05, 4.69) is 11.1 Å². The second-order valence-corrected chi connectivity index (χ2v) is 7.23. The number of para-hydroxylation sites is 1. The smallest absolute Gasteiger partial charge is 0.163 e. The van der Waals surface area contributed by atoms with Gasteiger partial charge in [0.05, 0.1) is 16.8 Å². The Hall–Kier alpha value is -4.17. The molecule has 0 aliphatic carbocycles. The second-order valence-electron chi connectivity index (χ2n) is 7.23. The molecule has 0 aliphatic rings. The van der Waals surface area contributed by atoms with Crippen LogP contribution in [0.25, 0.3) is 10.9 Å². The molecule has 0 aliphatic heterocycles. The number of aromatic nitrogens is 1. The van der Waals surface area contributed by atoms with Crippen LogP contribution in [0.2, 0.25) is 0 Å². The maximum atomic E-state index is 12.1. The standard InChI is InChI=1S/C26H21N3O2/c1-18(30)22-13-12-21(15-26(22)31-17-19-8-4-3-5-9-19)29(2)25-14-20(16-27)28-24-11-7-6-10-23(24)25/h3-15H,17H2,1-2H3. The van der Waals surface area contributed by atoms with Gasteiger partial charge in [-0.1, -0.05) is 48.5 Å². The molecule has 0 unspecified atom stereocenters. The van der Waals surface area contributed by atoms with E-state index < -0.39 is 0 Å². The minimum Gasteiger partial charge on any atom is -0.488 e. The molecule has 5 nitrogen and oxygen atoms in total. The number of ketones is 1. The normalized spacial score (nSPS) is 10.5. The van der Waals surface area contributed by atoms with Crippen LogP contribution in [0, 0.1) is 11.3 Å². The van der Waals surface area contributed by atoms with Gasteiger partial charge < -0.3 is 9.64 Å². The maximum Gasteiger partial charge on any atom is 0.163 e. The molecule has 0 saturated heterocycles. The number of ether oxygens (including phenoxy) is 1. The number of fused-ring (bicyclic) bond motifs is 1. The number of carbonyl (C=O) groups excluding carboxylic acids is 1. The monoisotopic (exact) mass is 407 g/mol. The van der Waals surface area contributed by atoms with E-state index in [4.69, 9.17) is 4.74 Å². The molecular formula is C26H21N3O2. The lowest BCUT2D eigenvalue weighted by atomic mass is 10.1. The first-order valence-corrected chi connectivity index (χ1v) is 9.92. The van der Waals surface area contributed by atoms with Crippen LogP contribution < -0.4 is 9.64 Å². The largest absolute Gasteiger partial charge is 0.488 e. The molecule has 31 heavy (non-hydrogen) atoms. The number of hydrogen-bond acceptors (Lipinski definition) is 5. The molecule has 152 valence electrons. The predicted octanol–water partition coefficient (Wildman–Crippen LogP) is 5.66. The van der Waals surface area contributed by atoms with Crippen molar-refractivity contribution < 1.29 is 9.53 Å². The zero-order valence-electron chi connectivity index (χ0n) is 17.4. The average Bonchev–Trinajstić information content (AvgIpc) is 2.81. The summed E-state index contributed by atoms with van der Waals surface area (Å²) >= 11 is 0. The van der Waals surface area contributed by atoms with Gasteiger partial charge in [0.15, 0.2) is 5.78 Å². The number of hydrogen-bond donors (Lipinski definition) is 0. The predicted molar refractivity (Wildman–Crippen MR) is 122 cm³/mol. The number of pyridine rings is 1. The van der Waals surface area contributed by atoms with Crippen molar-refractivity contribution in [3.63, 3.8) is 0 Å². The summed E-state index contributed by atoms with van der Waals surface area (Å²) in [6, 6.07) is 27.0. The van der Waals surface area contributed by atoms with Gasteiger partial charge in [-0.25, -0.2) is 4.98 Å². The molecule has 0 fully saturated rings. The summed E-state index contributed by atoms with van der Waals surface area (Å²) in [6.45, 7) is 1.90. The number of benzene rings is 3. The third-order valence-corrected chi connectivity index (χ3v) is 5.14. The van der Waals surface area contributed by atoms with Crippen LogP contribution in [0.5, 0.6) is 5.75 Å². The molecule has 0 atom stereocenters. The first-order valence-electron chi connectivity index (χ1n) is 9.92. The van der Waals surface area contributed by atoms with E-state index in [0.717, 1.165) is 27.8 Å². The van der Waals surface area contributed by atoms with Gasteiger partial charge in [0, 0.05) is 24.2 Å². The minimum absolute atomic E-state index is 0.0570. The summed E-state index contributed by atoms with van der Waals surface area (Å²) in [7, 11) is 1.92. The van der Waals surface area contributed by atoms with Crippen LogP contribution in [0.4, 0.5) is 11.4 Å². The van der Waals surface area contributed by atoms with E-state index in [1.807, 2.05) is 78.7 Å². The Labute approximate surface area is 181 Å². The fraction of sp³-hybridized carbons (Fsp3) is 0.115. The van der Waals surface area contributed by atoms with Crippen LogP contribution in [-0.4, -0.2) is 17.8 Å². The van der Waals surface area contributed by atoms with E-state index in [9.17, 15) is 10.1 Å². The van der Waals surface area contributed by atoms with E-state index in [1.54, 1.807) is 12.1 Å². The summed E-state index contributed by atoms with van der Waals surface area (Å²) in [4.78, 5) is 18.5. The van der Waals surface area contributed by atoms with Crippen LogP contribution in [0.3, 0.4) is 0 Å². The van der Waals surface area contributed by atoms with Crippen molar-refractivity contribution >= 4 is 28.1 Å². The van der Waals surface area contributed by atoms with Crippen molar-refractivity contribution in [1.29, 1.82) is 5.26 Å². The molecule has 4 rings (SSSR count). The SMILES string of the molecule is CC(=O)c1ccc(N(C)c2cc(C#N)nc3ccccc23)cc1OCc1ccccc1. The third-order valence-electron chi connectivity index (χ3n) is 5.14. The fourth-order valence-electron chi connectivity index (χ4n) is 3.50. The Morgan fingerprint density at radius 2 is 1.77 bits per heavy atom. The second kappa shape index (κ2) is 8.68. The Balaban J connectivity index is 1.74. The molecule has 5 heteroatoms. The lowest BCUT2D eigenvalue weighted by molar-refractivity contribution is 0.101. The molecule has 1 aromatic heterocycles.